The molecule has 0 bridgehead atoms. The van der Waals surface area contributed by atoms with Crippen molar-refractivity contribution in [2.75, 3.05) is 0 Å². The molecule has 0 radical (unpaired) electrons. The molecule has 0 aliphatic rings. The number of carbonyl (C=O) groups is 1. The van der Waals surface area contributed by atoms with Crippen molar-refractivity contribution in [1.82, 2.24) is 0 Å². The van der Waals surface area contributed by atoms with Gasteiger partial charge >= 0.3 is 74.0 Å². The third-order valence-electron chi connectivity index (χ3n) is 0.987. The number of carboxylic acids is 1. The summed E-state index contributed by atoms with van der Waals surface area (Å²) >= 11 is 1.87. The van der Waals surface area contributed by atoms with Crippen LogP contribution in [0.3, 0.4) is 0 Å². The van der Waals surface area contributed by atoms with E-state index in [1.807, 2.05) is 22.6 Å². The normalized spacial score (nSPS) is 12.4. The Morgan fingerprint density at radius 3 is 2.60 bits per heavy atom. The molecule has 0 aromatic heterocycles. The maximum atomic E-state index is 10.2. The van der Waals surface area contributed by atoms with Crippen LogP contribution in [0, 0.1) is 0 Å². The molecule has 0 aromatic carbocycles. The van der Waals surface area contributed by atoms with Gasteiger partial charge in [-0.05, 0) is 0 Å². The van der Waals surface area contributed by atoms with E-state index in [4.69, 9.17) is 10.8 Å². The van der Waals surface area contributed by atoms with Gasteiger partial charge in [0.2, 0.25) is 0 Å². The second kappa shape index (κ2) is 4.70. The molecule has 0 aliphatic carbocycles. The summed E-state index contributed by atoms with van der Waals surface area (Å²) in [6.45, 7) is 0. The molecular weight excluding hydrogens is 244 g/mol. The fraction of sp³-hybridized carbons (Fsp3) is 0.600. The van der Waals surface area contributed by atoms with Crippen molar-refractivity contribution in [3.05, 3.63) is 0 Å². The van der Waals surface area contributed by atoms with Crippen LogP contribution in [-0.2, 0) is 4.79 Å². The second-order valence-corrected chi connectivity index (χ2v) is 3.51. The van der Waals surface area contributed by atoms with Crippen molar-refractivity contribution in [3.8, 4) is 0 Å². The van der Waals surface area contributed by atoms with Crippen molar-refractivity contribution in [1.29, 1.82) is 0 Å². The van der Waals surface area contributed by atoms with Gasteiger partial charge in [-0.1, -0.05) is 0 Å². The molecule has 0 saturated carbocycles. The Hall–Kier alpha value is -0.0651. The summed E-state index contributed by atoms with van der Waals surface area (Å²) in [6.07, 6.45) is 1.14. The number of nitrogens with two attached hydrogens (primary N) is 1. The molecule has 0 heterocycles. The number of rotatable bonds is 4. The van der Waals surface area contributed by atoms with Crippen molar-refractivity contribution in [2.45, 2.75) is 16.8 Å². The summed E-state index contributed by atoms with van der Waals surface area (Å²) in [5.41, 5.74) is 5.79. The van der Waals surface area contributed by atoms with E-state index in [1.165, 1.54) is 0 Å². The number of hydrogen-bond donors (Lipinski definition) is 2. The monoisotopic (exact) mass is 253 g/mol. The number of carboxylic acid groups (broad SMARTS) is 1. The molecule has 0 aliphatic heterocycles. The van der Waals surface area contributed by atoms with Crippen LogP contribution in [0.5, 0.6) is 0 Å². The van der Waals surface area contributed by atoms with Gasteiger partial charge in [0.15, 0.2) is 0 Å². The van der Waals surface area contributed by atoms with E-state index < -0.39 is 5.97 Å². The zero-order valence-electron chi connectivity index (χ0n) is 5.51. The van der Waals surface area contributed by atoms with E-state index in [-0.39, 0.29) is 3.92 Å². The van der Waals surface area contributed by atoms with Crippen LogP contribution >= 0.6 is 22.6 Å². The van der Waals surface area contributed by atoms with Gasteiger partial charge in [0.1, 0.15) is 0 Å². The second-order valence-electron chi connectivity index (χ2n) is 2.00. The van der Waals surface area contributed by atoms with E-state index in [1.54, 1.807) is 0 Å². The third kappa shape index (κ3) is 4.78. The quantitative estimate of drug-likeness (QED) is 0.408. The predicted molar refractivity (Wildman–Crippen MR) is 51.0 cm³/mol. The Bertz CT molecular complexity index is 151. The first-order valence-electron chi connectivity index (χ1n) is 2.84. The summed E-state index contributed by atoms with van der Waals surface area (Å²) in [4.78, 5) is 10.2. The maximum absolute atomic E-state index is 10.2. The van der Waals surface area contributed by atoms with Gasteiger partial charge in [-0.25, -0.2) is 0 Å². The fourth-order valence-corrected chi connectivity index (χ4v) is 0.747. The molecule has 1 unspecified atom stereocenters. The van der Waals surface area contributed by atoms with Gasteiger partial charge in [-0.15, -0.1) is 0 Å². The molecule has 0 spiro atoms. The molecular formula is C5H9BINO2. The zero-order chi connectivity index (χ0) is 8.15. The molecule has 0 rings (SSSR count). The Kier molecular flexibility index (Phi) is 4.67. The van der Waals surface area contributed by atoms with Gasteiger partial charge in [-0.2, -0.15) is 0 Å². The summed E-state index contributed by atoms with van der Waals surface area (Å²) < 4.78 is -0.349. The summed E-state index contributed by atoms with van der Waals surface area (Å²) in [5, 5.41) is 8.42. The zero-order valence-corrected chi connectivity index (χ0v) is 7.67. The van der Waals surface area contributed by atoms with Crippen LogP contribution in [0.4, 0.5) is 0 Å². The van der Waals surface area contributed by atoms with Crippen LogP contribution in [0.25, 0.3) is 0 Å². The average Bonchev–Trinajstić information content (AvgIpc) is 1.82. The number of halogens is 1. The van der Waals surface area contributed by atoms with E-state index in [9.17, 15) is 4.79 Å². The number of hydrogen-bond acceptors (Lipinski definition) is 2. The molecule has 0 amide bonds. The summed E-state index contributed by atoms with van der Waals surface area (Å²) in [5.74, 6) is -0.790. The summed E-state index contributed by atoms with van der Waals surface area (Å²) in [7, 11) is 3.47. The molecule has 1 atom stereocenters. The first-order chi connectivity index (χ1) is 4.54. The van der Waals surface area contributed by atoms with Crippen LogP contribution in [0.15, 0.2) is 0 Å². The first-order valence-corrected chi connectivity index (χ1v) is 4.08. The van der Waals surface area contributed by atoms with Gasteiger partial charge < -0.3 is 0 Å². The molecule has 56 valence electrons. The van der Waals surface area contributed by atoms with E-state index in [0.29, 0.717) is 18.4 Å². The average molecular weight is 253 g/mol. The molecule has 3 N–H and O–H groups in total. The minimum atomic E-state index is -0.790. The van der Waals surface area contributed by atoms with Gasteiger partial charge in [0.05, 0.1) is 0 Å². The Labute approximate surface area is 74.2 Å². The Balaban J connectivity index is 3.49. The van der Waals surface area contributed by atoms with Gasteiger partial charge in [-0.3, -0.25) is 0 Å². The van der Waals surface area contributed by atoms with Crippen LogP contribution in [-0.4, -0.2) is 28.1 Å². The third-order valence-corrected chi connectivity index (χ3v) is 2.14. The Morgan fingerprint density at radius 2 is 2.30 bits per heavy atom. The molecule has 0 fully saturated rings. The Morgan fingerprint density at radius 1 is 1.80 bits per heavy atom. The van der Waals surface area contributed by atoms with Crippen LogP contribution in [0.1, 0.15) is 12.8 Å². The van der Waals surface area contributed by atoms with E-state index in [0.717, 1.165) is 0 Å². The standard InChI is InChI=1S/C5H9BINO2/c6-4(8)2-1-3(7)5(9)10/h3,6H,1-2,8H2,(H,9,10). The fourth-order valence-electron chi connectivity index (χ4n) is 0.436. The SMILES string of the molecule is B=C(N)CCC(I)C(=O)O. The van der Waals surface area contributed by atoms with Crippen molar-refractivity contribution < 1.29 is 9.90 Å². The minimum absolute atomic E-state index is 0.349. The molecule has 0 saturated heterocycles. The molecule has 5 heteroatoms. The number of aliphatic carboxylic acids is 1. The van der Waals surface area contributed by atoms with Crippen LogP contribution in [0.2, 0.25) is 0 Å². The molecule has 3 nitrogen and oxygen atoms in total. The molecule has 10 heavy (non-hydrogen) atoms. The van der Waals surface area contributed by atoms with Crippen molar-refractivity contribution in [3.63, 3.8) is 0 Å². The van der Waals surface area contributed by atoms with Crippen LogP contribution < -0.4 is 5.73 Å². The van der Waals surface area contributed by atoms with Crippen molar-refractivity contribution >= 4 is 41.6 Å². The van der Waals surface area contributed by atoms with E-state index in [2.05, 4.69) is 7.49 Å². The summed E-state index contributed by atoms with van der Waals surface area (Å²) in [6, 6.07) is 0. The predicted octanol–water partition coefficient (Wildman–Crippen LogP) is -0.356. The number of alkyl halides is 1. The van der Waals surface area contributed by atoms with E-state index >= 15 is 0 Å². The topological polar surface area (TPSA) is 63.3 Å². The first kappa shape index (κ1) is 9.93. The van der Waals surface area contributed by atoms with Crippen molar-refractivity contribution in [2.24, 2.45) is 5.73 Å². The molecule has 0 aromatic rings. The van der Waals surface area contributed by atoms with Gasteiger partial charge in [0, 0.05) is 0 Å². The van der Waals surface area contributed by atoms with Gasteiger partial charge in [0.25, 0.3) is 0 Å².